The van der Waals surface area contributed by atoms with Crippen molar-refractivity contribution in [2.24, 2.45) is 11.3 Å². The predicted octanol–water partition coefficient (Wildman–Crippen LogP) is 1.98. The van der Waals surface area contributed by atoms with Crippen LogP contribution in [0.1, 0.15) is 30.6 Å². The molecule has 0 spiro atoms. The molecule has 2 aliphatic carbocycles. The molecule has 20 heavy (non-hydrogen) atoms. The first kappa shape index (κ1) is 14.5. The number of hydrogen-bond donors (Lipinski definition) is 2. The third-order valence-electron chi connectivity index (χ3n) is 4.47. The van der Waals surface area contributed by atoms with E-state index < -0.39 is 10.0 Å². The molecule has 112 valence electrons. The highest BCUT2D eigenvalue weighted by Gasteiger charge is 2.53. The van der Waals surface area contributed by atoms with Crippen LogP contribution in [0.4, 0.5) is 0 Å². The summed E-state index contributed by atoms with van der Waals surface area (Å²) in [4.78, 5) is 1.11. The van der Waals surface area contributed by atoms with Crippen LogP contribution < -0.4 is 10.0 Å². The topological polar surface area (TPSA) is 58.2 Å². The molecule has 6 heteroatoms. The minimum absolute atomic E-state index is 0.305. The molecule has 1 aromatic rings. The van der Waals surface area contributed by atoms with E-state index in [4.69, 9.17) is 0 Å². The predicted molar refractivity (Wildman–Crippen MR) is 81.5 cm³/mol. The summed E-state index contributed by atoms with van der Waals surface area (Å²) >= 11 is 1.38. The van der Waals surface area contributed by atoms with Crippen LogP contribution in [0.5, 0.6) is 0 Å². The van der Waals surface area contributed by atoms with Gasteiger partial charge in [-0.3, -0.25) is 0 Å². The Hall–Kier alpha value is -0.430. The van der Waals surface area contributed by atoms with Crippen molar-refractivity contribution < 1.29 is 8.42 Å². The van der Waals surface area contributed by atoms with E-state index in [-0.39, 0.29) is 0 Å². The lowest BCUT2D eigenvalue weighted by atomic mass is 10.0. The Morgan fingerprint density at radius 3 is 2.70 bits per heavy atom. The lowest BCUT2D eigenvalue weighted by molar-refractivity contribution is 0.432. The van der Waals surface area contributed by atoms with Gasteiger partial charge < -0.3 is 5.32 Å². The summed E-state index contributed by atoms with van der Waals surface area (Å²) in [5.41, 5.74) is 0.305. The molecule has 0 saturated heterocycles. The summed E-state index contributed by atoms with van der Waals surface area (Å²) in [7, 11) is -1.41. The summed E-state index contributed by atoms with van der Waals surface area (Å²) in [5, 5.41) is 3.08. The van der Waals surface area contributed by atoms with Gasteiger partial charge in [-0.2, -0.15) is 0 Å². The molecule has 0 amide bonds. The van der Waals surface area contributed by atoms with E-state index in [1.54, 1.807) is 6.07 Å². The molecule has 2 saturated carbocycles. The van der Waals surface area contributed by atoms with Crippen molar-refractivity contribution in [3.8, 4) is 0 Å². The summed E-state index contributed by atoms with van der Waals surface area (Å²) in [6, 6.07) is 3.65. The molecule has 2 fully saturated rings. The lowest BCUT2D eigenvalue weighted by Gasteiger charge is -2.14. The number of rotatable bonds is 8. The van der Waals surface area contributed by atoms with Crippen LogP contribution in [0.25, 0.3) is 0 Å². The van der Waals surface area contributed by atoms with Gasteiger partial charge in [0.05, 0.1) is 0 Å². The van der Waals surface area contributed by atoms with E-state index in [9.17, 15) is 8.42 Å². The lowest BCUT2D eigenvalue weighted by Crippen LogP contribution is -2.30. The van der Waals surface area contributed by atoms with E-state index in [1.165, 1.54) is 37.0 Å². The van der Waals surface area contributed by atoms with Gasteiger partial charge in [-0.25, -0.2) is 13.1 Å². The average Bonchev–Trinajstić information content (AvgIpc) is 3.32. The fourth-order valence-corrected chi connectivity index (χ4v) is 5.32. The minimum Gasteiger partial charge on any atom is -0.319 e. The second kappa shape index (κ2) is 5.40. The standard InChI is InChI=1S/C14H22N2O2S2/c1-15-9-6-12-4-5-13(19-12)20(17,18)16-10-14(7-8-14)11-2-3-11/h4-5,11,15-16H,2-3,6-10H2,1H3. The maximum Gasteiger partial charge on any atom is 0.250 e. The highest BCUT2D eigenvalue weighted by atomic mass is 32.2. The van der Waals surface area contributed by atoms with Gasteiger partial charge in [-0.1, -0.05) is 0 Å². The molecule has 0 atom stereocenters. The Labute approximate surface area is 125 Å². The van der Waals surface area contributed by atoms with Gasteiger partial charge in [0.25, 0.3) is 0 Å². The molecule has 2 N–H and O–H groups in total. The van der Waals surface area contributed by atoms with Crippen molar-refractivity contribution in [2.45, 2.75) is 36.3 Å². The second-order valence-corrected chi connectivity index (χ2v) is 9.20. The molecular formula is C14H22N2O2S2. The minimum atomic E-state index is -3.32. The number of thiophene rings is 1. The van der Waals surface area contributed by atoms with Gasteiger partial charge in [-0.15, -0.1) is 11.3 Å². The van der Waals surface area contributed by atoms with Crippen molar-refractivity contribution in [1.29, 1.82) is 0 Å². The Balaban J connectivity index is 1.61. The Bertz CT molecular complexity index is 572. The van der Waals surface area contributed by atoms with Crippen LogP contribution in [0.2, 0.25) is 0 Å². The Morgan fingerprint density at radius 1 is 1.35 bits per heavy atom. The average molecular weight is 314 g/mol. The monoisotopic (exact) mass is 314 g/mol. The van der Waals surface area contributed by atoms with Gasteiger partial charge in [-0.05, 0) is 69.2 Å². The van der Waals surface area contributed by atoms with Crippen LogP contribution >= 0.6 is 11.3 Å². The second-order valence-electron chi connectivity index (χ2n) is 6.04. The number of likely N-dealkylation sites (N-methyl/N-ethyl adjacent to an activating group) is 1. The first-order valence-electron chi connectivity index (χ1n) is 7.29. The highest BCUT2D eigenvalue weighted by molar-refractivity contribution is 7.91. The van der Waals surface area contributed by atoms with Crippen LogP contribution in [-0.4, -0.2) is 28.6 Å². The summed E-state index contributed by atoms with van der Waals surface area (Å²) in [6.07, 6.45) is 5.84. The van der Waals surface area contributed by atoms with Crippen molar-refractivity contribution in [3.63, 3.8) is 0 Å². The first-order valence-corrected chi connectivity index (χ1v) is 9.59. The molecule has 1 heterocycles. The van der Waals surface area contributed by atoms with Gasteiger partial charge in [0.15, 0.2) is 0 Å². The number of sulfonamides is 1. The molecule has 0 unspecified atom stereocenters. The van der Waals surface area contributed by atoms with Crippen LogP contribution in [0.3, 0.4) is 0 Å². The van der Waals surface area contributed by atoms with Crippen molar-refractivity contribution in [1.82, 2.24) is 10.0 Å². The molecule has 3 rings (SSSR count). The maximum atomic E-state index is 12.3. The maximum absolute atomic E-state index is 12.3. The normalized spacial score (nSPS) is 21.1. The SMILES string of the molecule is CNCCc1ccc(S(=O)(=O)NCC2(C3CC3)CC2)s1. The molecular weight excluding hydrogens is 292 g/mol. The van der Waals surface area contributed by atoms with E-state index in [2.05, 4.69) is 10.0 Å². The third kappa shape index (κ3) is 3.08. The van der Waals surface area contributed by atoms with E-state index in [1.807, 2.05) is 13.1 Å². The molecule has 2 aliphatic rings. The van der Waals surface area contributed by atoms with E-state index in [0.717, 1.165) is 23.8 Å². The zero-order valence-corrected chi connectivity index (χ0v) is 13.4. The molecule has 1 aromatic heterocycles. The molecule has 0 aliphatic heterocycles. The number of hydrogen-bond acceptors (Lipinski definition) is 4. The molecule has 4 nitrogen and oxygen atoms in total. The molecule has 0 bridgehead atoms. The highest BCUT2D eigenvalue weighted by Crippen LogP contribution is 2.60. The molecule has 0 radical (unpaired) electrons. The van der Waals surface area contributed by atoms with Crippen molar-refractivity contribution in [2.75, 3.05) is 20.1 Å². The summed E-state index contributed by atoms with van der Waals surface area (Å²) in [5.74, 6) is 0.778. The largest absolute Gasteiger partial charge is 0.319 e. The van der Waals surface area contributed by atoms with Gasteiger partial charge in [0.1, 0.15) is 4.21 Å². The smallest absolute Gasteiger partial charge is 0.250 e. The zero-order chi connectivity index (χ0) is 14.2. The fraction of sp³-hybridized carbons (Fsp3) is 0.714. The van der Waals surface area contributed by atoms with Crippen LogP contribution in [0.15, 0.2) is 16.3 Å². The number of nitrogens with one attached hydrogen (secondary N) is 2. The first-order chi connectivity index (χ1) is 9.56. The van der Waals surface area contributed by atoms with Gasteiger partial charge >= 0.3 is 0 Å². The van der Waals surface area contributed by atoms with Crippen LogP contribution in [-0.2, 0) is 16.4 Å². The van der Waals surface area contributed by atoms with Crippen molar-refractivity contribution >= 4 is 21.4 Å². The fourth-order valence-electron chi connectivity index (χ4n) is 2.78. The van der Waals surface area contributed by atoms with Gasteiger partial charge in [0, 0.05) is 11.4 Å². The Morgan fingerprint density at radius 2 is 2.10 bits per heavy atom. The molecule has 0 aromatic carbocycles. The van der Waals surface area contributed by atoms with E-state index >= 15 is 0 Å². The summed E-state index contributed by atoms with van der Waals surface area (Å²) in [6.45, 7) is 1.50. The van der Waals surface area contributed by atoms with Crippen molar-refractivity contribution in [3.05, 3.63) is 17.0 Å². The Kier molecular flexibility index (Phi) is 3.92. The van der Waals surface area contributed by atoms with E-state index in [0.29, 0.717) is 16.2 Å². The quantitative estimate of drug-likeness (QED) is 0.771. The van der Waals surface area contributed by atoms with Crippen LogP contribution in [0, 0.1) is 11.3 Å². The zero-order valence-electron chi connectivity index (χ0n) is 11.8. The summed E-state index contributed by atoms with van der Waals surface area (Å²) < 4.78 is 27.9. The third-order valence-corrected chi connectivity index (χ3v) is 7.51. The van der Waals surface area contributed by atoms with Gasteiger partial charge in [0.2, 0.25) is 10.0 Å².